The first-order chi connectivity index (χ1) is 10.1. The van der Waals surface area contributed by atoms with Crippen LogP contribution in [0.2, 0.25) is 0 Å². The Kier molecular flexibility index (Phi) is 5.83. The number of nitrogens with zero attached hydrogens (tertiary/aromatic N) is 3. The van der Waals surface area contributed by atoms with E-state index < -0.39 is 0 Å². The Morgan fingerprint density at radius 3 is 2.76 bits per heavy atom. The minimum Gasteiger partial charge on any atom is -0.373 e. The van der Waals surface area contributed by atoms with Gasteiger partial charge in [0.2, 0.25) is 0 Å². The molecule has 1 unspecified atom stereocenters. The third-order valence-electron chi connectivity index (χ3n) is 4.53. The van der Waals surface area contributed by atoms with E-state index in [0.29, 0.717) is 0 Å². The van der Waals surface area contributed by atoms with Crippen molar-refractivity contribution in [1.82, 2.24) is 9.97 Å². The van der Waals surface area contributed by atoms with Gasteiger partial charge < -0.3 is 10.2 Å². The van der Waals surface area contributed by atoms with Gasteiger partial charge in [-0.1, -0.05) is 20.8 Å². The second-order valence-corrected chi connectivity index (χ2v) is 6.45. The van der Waals surface area contributed by atoms with Crippen LogP contribution in [-0.4, -0.2) is 30.1 Å². The molecule has 0 amide bonds. The van der Waals surface area contributed by atoms with Crippen LogP contribution in [0.5, 0.6) is 0 Å². The van der Waals surface area contributed by atoms with Gasteiger partial charge >= 0.3 is 0 Å². The van der Waals surface area contributed by atoms with Crippen LogP contribution in [0.3, 0.4) is 0 Å². The van der Waals surface area contributed by atoms with Crippen molar-refractivity contribution in [1.29, 1.82) is 0 Å². The summed E-state index contributed by atoms with van der Waals surface area (Å²) in [7, 11) is 1.93. The smallest absolute Gasteiger partial charge is 0.134 e. The molecule has 1 atom stereocenters. The van der Waals surface area contributed by atoms with Crippen LogP contribution < -0.4 is 10.2 Å². The quantitative estimate of drug-likeness (QED) is 0.897. The van der Waals surface area contributed by atoms with Crippen LogP contribution in [0.4, 0.5) is 11.6 Å². The van der Waals surface area contributed by atoms with Gasteiger partial charge in [0.25, 0.3) is 0 Å². The molecular weight excluding hydrogens is 260 g/mol. The van der Waals surface area contributed by atoms with Crippen molar-refractivity contribution in [2.75, 3.05) is 30.4 Å². The van der Waals surface area contributed by atoms with Crippen molar-refractivity contribution in [3.63, 3.8) is 0 Å². The van der Waals surface area contributed by atoms with Gasteiger partial charge in [-0.2, -0.15) is 0 Å². The molecule has 1 N–H and O–H groups in total. The molecule has 1 aliphatic heterocycles. The van der Waals surface area contributed by atoms with Crippen LogP contribution in [-0.2, 0) is 6.42 Å². The lowest BCUT2D eigenvalue weighted by Crippen LogP contribution is -2.26. The third-order valence-corrected chi connectivity index (χ3v) is 4.53. The molecule has 0 saturated carbocycles. The number of hydrogen-bond acceptors (Lipinski definition) is 4. The van der Waals surface area contributed by atoms with Crippen LogP contribution in [0, 0.1) is 11.8 Å². The maximum absolute atomic E-state index is 4.78. The summed E-state index contributed by atoms with van der Waals surface area (Å²) in [5, 5.41) is 3.17. The predicted molar refractivity (Wildman–Crippen MR) is 90.0 cm³/mol. The average Bonchev–Trinajstić information content (AvgIpc) is 2.73. The monoisotopic (exact) mass is 290 g/mol. The van der Waals surface area contributed by atoms with Gasteiger partial charge in [-0.05, 0) is 37.5 Å². The van der Waals surface area contributed by atoms with Crippen LogP contribution in [0.15, 0.2) is 6.07 Å². The van der Waals surface area contributed by atoms with Gasteiger partial charge in [0.05, 0.1) is 0 Å². The van der Waals surface area contributed by atoms with Gasteiger partial charge in [-0.15, -0.1) is 0 Å². The average molecular weight is 290 g/mol. The van der Waals surface area contributed by atoms with E-state index in [1.165, 1.54) is 19.3 Å². The predicted octanol–water partition coefficient (Wildman–Crippen LogP) is 3.73. The topological polar surface area (TPSA) is 41.1 Å². The van der Waals surface area contributed by atoms with Crippen molar-refractivity contribution in [3.05, 3.63) is 11.9 Å². The van der Waals surface area contributed by atoms with E-state index in [1.807, 2.05) is 7.05 Å². The number of rotatable bonds is 5. The molecule has 1 aromatic rings. The molecule has 1 fully saturated rings. The molecule has 4 heteroatoms. The largest absolute Gasteiger partial charge is 0.373 e. The summed E-state index contributed by atoms with van der Waals surface area (Å²) in [6.45, 7) is 9.12. The summed E-state index contributed by atoms with van der Waals surface area (Å²) in [5.41, 5.74) is 0. The number of aryl methyl sites for hydroxylation is 1. The van der Waals surface area contributed by atoms with Crippen molar-refractivity contribution < 1.29 is 0 Å². The van der Waals surface area contributed by atoms with E-state index in [2.05, 4.69) is 42.0 Å². The normalized spacial score (nSPS) is 19.7. The highest BCUT2D eigenvalue weighted by atomic mass is 15.2. The summed E-state index contributed by atoms with van der Waals surface area (Å²) in [5.74, 6) is 4.65. The fraction of sp³-hybridized carbons (Fsp3) is 0.765. The Bertz CT molecular complexity index is 444. The zero-order chi connectivity index (χ0) is 15.2. The minimum absolute atomic E-state index is 0.791. The molecule has 0 radical (unpaired) electrons. The lowest BCUT2D eigenvalue weighted by molar-refractivity contribution is 0.351. The molecule has 4 nitrogen and oxygen atoms in total. The molecule has 21 heavy (non-hydrogen) atoms. The molecule has 1 aromatic heterocycles. The summed E-state index contributed by atoms with van der Waals surface area (Å²) in [6, 6.07) is 2.09. The van der Waals surface area contributed by atoms with Gasteiger partial charge in [-0.25, -0.2) is 9.97 Å². The Morgan fingerprint density at radius 2 is 2.10 bits per heavy atom. The highest BCUT2D eigenvalue weighted by Gasteiger charge is 2.20. The van der Waals surface area contributed by atoms with Gasteiger partial charge in [0, 0.05) is 32.6 Å². The Hall–Kier alpha value is -1.32. The maximum atomic E-state index is 4.78. The summed E-state index contributed by atoms with van der Waals surface area (Å²) in [6.07, 6.45) is 5.93. The summed E-state index contributed by atoms with van der Waals surface area (Å²) < 4.78 is 0. The van der Waals surface area contributed by atoms with Gasteiger partial charge in [0.15, 0.2) is 0 Å². The van der Waals surface area contributed by atoms with Crippen LogP contribution >= 0.6 is 0 Å². The number of hydrogen-bond donors (Lipinski definition) is 1. The SMILES string of the molecule is CCCc1nc(NC)cc(N2CCCC(C(C)C)CC2)n1. The molecule has 0 aromatic carbocycles. The van der Waals surface area contributed by atoms with Gasteiger partial charge in [0.1, 0.15) is 17.5 Å². The van der Waals surface area contributed by atoms with E-state index in [0.717, 1.165) is 55.2 Å². The van der Waals surface area contributed by atoms with Crippen molar-refractivity contribution in [3.8, 4) is 0 Å². The van der Waals surface area contributed by atoms with E-state index in [1.54, 1.807) is 0 Å². The number of nitrogens with one attached hydrogen (secondary N) is 1. The Labute approximate surface area is 129 Å². The fourth-order valence-corrected chi connectivity index (χ4v) is 3.13. The lowest BCUT2D eigenvalue weighted by Gasteiger charge is -2.23. The lowest BCUT2D eigenvalue weighted by atomic mass is 9.89. The first kappa shape index (κ1) is 16.1. The Morgan fingerprint density at radius 1 is 1.29 bits per heavy atom. The molecule has 1 aliphatic rings. The van der Waals surface area contributed by atoms with Gasteiger partial charge in [-0.3, -0.25) is 0 Å². The highest BCUT2D eigenvalue weighted by Crippen LogP contribution is 2.27. The molecule has 118 valence electrons. The van der Waals surface area contributed by atoms with Crippen molar-refractivity contribution in [2.24, 2.45) is 11.8 Å². The molecule has 2 rings (SSSR count). The van der Waals surface area contributed by atoms with Crippen LogP contribution in [0.1, 0.15) is 52.3 Å². The molecular formula is C17H30N4. The zero-order valence-electron chi connectivity index (χ0n) is 14.0. The molecule has 0 aliphatic carbocycles. The Balaban J connectivity index is 2.14. The number of aromatic nitrogens is 2. The van der Waals surface area contributed by atoms with E-state index >= 15 is 0 Å². The second-order valence-electron chi connectivity index (χ2n) is 6.45. The van der Waals surface area contributed by atoms with E-state index in [-0.39, 0.29) is 0 Å². The molecule has 1 saturated heterocycles. The van der Waals surface area contributed by atoms with E-state index in [9.17, 15) is 0 Å². The van der Waals surface area contributed by atoms with Crippen molar-refractivity contribution >= 4 is 11.6 Å². The zero-order valence-corrected chi connectivity index (χ0v) is 14.0. The standard InChI is InChI=1S/C17H30N4/c1-5-7-15-19-16(18-4)12-17(20-15)21-10-6-8-14(9-11-21)13(2)3/h12-14H,5-11H2,1-4H3,(H,18,19,20). The first-order valence-electron chi connectivity index (χ1n) is 8.44. The second kappa shape index (κ2) is 7.62. The third kappa shape index (κ3) is 4.32. The molecule has 0 spiro atoms. The molecule has 2 heterocycles. The fourth-order valence-electron chi connectivity index (χ4n) is 3.13. The highest BCUT2D eigenvalue weighted by molar-refractivity contribution is 5.49. The van der Waals surface area contributed by atoms with E-state index in [4.69, 9.17) is 4.98 Å². The first-order valence-corrected chi connectivity index (χ1v) is 8.44. The molecule has 0 bridgehead atoms. The maximum Gasteiger partial charge on any atom is 0.134 e. The minimum atomic E-state index is 0.791. The summed E-state index contributed by atoms with van der Waals surface area (Å²) >= 11 is 0. The summed E-state index contributed by atoms with van der Waals surface area (Å²) in [4.78, 5) is 11.8. The van der Waals surface area contributed by atoms with Crippen molar-refractivity contribution in [2.45, 2.75) is 52.9 Å². The number of anilines is 2. The van der Waals surface area contributed by atoms with Crippen LogP contribution in [0.25, 0.3) is 0 Å².